The molecule has 0 amide bonds. The molecular weight excluding hydrogens is 300 g/mol. The molecule has 22 heavy (non-hydrogen) atoms. The second-order valence-corrected chi connectivity index (χ2v) is 6.65. The molecule has 0 heterocycles. The molecule has 2 aromatic rings. The maximum absolute atomic E-state index is 11.2. The Morgan fingerprint density at radius 2 is 1.27 bits per heavy atom. The van der Waals surface area contributed by atoms with Crippen LogP contribution in [0, 0.1) is 0 Å². The molecule has 0 aliphatic heterocycles. The van der Waals surface area contributed by atoms with Gasteiger partial charge >= 0.3 is 0 Å². The van der Waals surface area contributed by atoms with Crippen molar-refractivity contribution in [1.82, 2.24) is 4.72 Å². The maximum atomic E-state index is 11.2. The number of nitrogen functional groups attached to an aromatic ring is 2. The zero-order valence-corrected chi connectivity index (χ0v) is 13.8. The first-order valence-electron chi connectivity index (χ1n) is 6.58. The minimum absolute atomic E-state index is 0.221. The van der Waals surface area contributed by atoms with Gasteiger partial charge in [0.05, 0.1) is 4.90 Å². The van der Waals surface area contributed by atoms with Gasteiger partial charge < -0.3 is 16.4 Å². The molecular formula is C15H22N4O2S. The molecule has 2 rings (SSSR count). The van der Waals surface area contributed by atoms with E-state index in [9.17, 15) is 8.42 Å². The van der Waals surface area contributed by atoms with E-state index in [1.54, 1.807) is 12.1 Å². The van der Waals surface area contributed by atoms with Crippen molar-refractivity contribution in [1.29, 1.82) is 0 Å². The van der Waals surface area contributed by atoms with Gasteiger partial charge in [-0.2, -0.15) is 0 Å². The molecule has 0 radical (unpaired) electrons. The van der Waals surface area contributed by atoms with Crippen LogP contribution in [-0.4, -0.2) is 29.6 Å². The summed E-state index contributed by atoms with van der Waals surface area (Å²) in [7, 11) is 2.06. The Kier molecular flexibility index (Phi) is 6.21. The van der Waals surface area contributed by atoms with Crippen molar-refractivity contribution < 1.29 is 8.42 Å². The van der Waals surface area contributed by atoms with Gasteiger partial charge in [0.25, 0.3) is 0 Å². The monoisotopic (exact) mass is 322 g/mol. The third kappa shape index (κ3) is 5.27. The lowest BCUT2D eigenvalue weighted by molar-refractivity contribution is 0.588. The van der Waals surface area contributed by atoms with E-state index in [0.29, 0.717) is 5.69 Å². The van der Waals surface area contributed by atoms with E-state index in [-0.39, 0.29) is 4.90 Å². The molecule has 120 valence electrons. The van der Waals surface area contributed by atoms with Crippen molar-refractivity contribution in [2.75, 3.05) is 37.5 Å². The fourth-order valence-corrected chi connectivity index (χ4v) is 2.27. The van der Waals surface area contributed by atoms with Crippen LogP contribution in [-0.2, 0) is 10.0 Å². The molecule has 0 atom stereocenters. The molecule has 0 spiro atoms. The van der Waals surface area contributed by atoms with Gasteiger partial charge in [-0.25, -0.2) is 13.1 Å². The van der Waals surface area contributed by atoms with E-state index in [1.807, 2.05) is 43.3 Å². The normalized spacial score (nSPS) is 10.5. The molecule has 0 saturated carbocycles. The number of nitrogens with one attached hydrogen (secondary N) is 1. The Balaban J connectivity index is 0.000000224. The fourth-order valence-electron chi connectivity index (χ4n) is 1.54. The minimum atomic E-state index is -3.32. The van der Waals surface area contributed by atoms with Crippen molar-refractivity contribution in [2.24, 2.45) is 0 Å². The van der Waals surface area contributed by atoms with E-state index < -0.39 is 10.0 Å². The number of anilines is 3. The summed E-state index contributed by atoms with van der Waals surface area (Å²) in [5.41, 5.74) is 13.4. The van der Waals surface area contributed by atoms with Crippen LogP contribution in [0.3, 0.4) is 0 Å². The molecule has 0 aliphatic rings. The van der Waals surface area contributed by atoms with E-state index in [4.69, 9.17) is 11.5 Å². The molecule has 0 unspecified atom stereocenters. The molecule has 6 nitrogen and oxygen atoms in total. The largest absolute Gasteiger partial charge is 0.399 e. The number of rotatable bonds is 3. The van der Waals surface area contributed by atoms with Crippen molar-refractivity contribution in [2.45, 2.75) is 4.90 Å². The molecule has 0 aliphatic carbocycles. The van der Waals surface area contributed by atoms with Gasteiger partial charge in [-0.05, 0) is 55.6 Å². The molecule has 7 heteroatoms. The van der Waals surface area contributed by atoms with Crippen LogP contribution >= 0.6 is 0 Å². The van der Waals surface area contributed by atoms with E-state index in [2.05, 4.69) is 4.72 Å². The van der Waals surface area contributed by atoms with Crippen LogP contribution in [0.2, 0.25) is 0 Å². The van der Waals surface area contributed by atoms with Crippen LogP contribution in [0.5, 0.6) is 0 Å². The second kappa shape index (κ2) is 7.67. The average Bonchev–Trinajstić information content (AvgIpc) is 2.49. The third-order valence-electron chi connectivity index (χ3n) is 2.87. The van der Waals surface area contributed by atoms with E-state index >= 15 is 0 Å². The van der Waals surface area contributed by atoms with Crippen LogP contribution in [0.4, 0.5) is 17.1 Å². The summed E-state index contributed by atoms with van der Waals surface area (Å²) in [6, 6.07) is 13.8. The molecule has 0 fully saturated rings. The number of nitrogens with zero attached hydrogens (tertiary/aromatic N) is 1. The lowest BCUT2D eigenvalue weighted by Crippen LogP contribution is -2.18. The highest BCUT2D eigenvalue weighted by Crippen LogP contribution is 2.12. The first-order chi connectivity index (χ1) is 10.3. The Morgan fingerprint density at radius 3 is 1.64 bits per heavy atom. The van der Waals surface area contributed by atoms with Gasteiger partial charge in [-0.3, -0.25) is 0 Å². The number of hydrogen-bond donors (Lipinski definition) is 3. The third-order valence-corrected chi connectivity index (χ3v) is 4.30. The van der Waals surface area contributed by atoms with Crippen LogP contribution < -0.4 is 21.1 Å². The standard InChI is InChI=1S/C8H12N2.C7H10N2O2S/c1-10(2)8-5-3-7(9)4-6-8;1-9-12(10,11)7-4-2-6(8)3-5-7/h3-6H,9H2,1-2H3;2-5,9H,8H2,1H3. The highest BCUT2D eigenvalue weighted by Gasteiger charge is 2.09. The summed E-state index contributed by atoms with van der Waals surface area (Å²) in [6.45, 7) is 0. The fraction of sp³-hybridized carbons (Fsp3) is 0.200. The van der Waals surface area contributed by atoms with Gasteiger partial charge in [0.2, 0.25) is 10.0 Å². The molecule has 0 saturated heterocycles. The van der Waals surface area contributed by atoms with Gasteiger partial charge in [0, 0.05) is 31.2 Å². The lowest BCUT2D eigenvalue weighted by Gasteiger charge is -2.11. The smallest absolute Gasteiger partial charge is 0.240 e. The number of hydrogen-bond acceptors (Lipinski definition) is 5. The lowest BCUT2D eigenvalue weighted by atomic mass is 10.3. The maximum Gasteiger partial charge on any atom is 0.240 e. The summed E-state index contributed by atoms with van der Waals surface area (Å²) in [6.07, 6.45) is 0. The predicted octanol–water partition coefficient (Wildman–Crippen LogP) is 1.51. The Bertz CT molecular complexity index is 680. The zero-order valence-electron chi connectivity index (χ0n) is 12.9. The van der Waals surface area contributed by atoms with E-state index in [0.717, 1.165) is 5.69 Å². The molecule has 5 N–H and O–H groups in total. The van der Waals surface area contributed by atoms with Crippen LogP contribution in [0.1, 0.15) is 0 Å². The average molecular weight is 322 g/mol. The Morgan fingerprint density at radius 1 is 0.864 bits per heavy atom. The minimum Gasteiger partial charge on any atom is -0.399 e. The molecule has 0 bridgehead atoms. The first-order valence-corrected chi connectivity index (χ1v) is 8.06. The predicted molar refractivity (Wildman–Crippen MR) is 92.3 cm³/mol. The van der Waals surface area contributed by atoms with Crippen molar-refractivity contribution in [3.8, 4) is 0 Å². The van der Waals surface area contributed by atoms with Crippen molar-refractivity contribution in [3.63, 3.8) is 0 Å². The summed E-state index contributed by atoms with van der Waals surface area (Å²) in [5.74, 6) is 0. The van der Waals surface area contributed by atoms with Gasteiger partial charge in [0.15, 0.2) is 0 Å². The van der Waals surface area contributed by atoms with E-state index in [1.165, 1.54) is 24.9 Å². The Hall–Kier alpha value is -2.25. The first kappa shape index (κ1) is 17.8. The van der Waals surface area contributed by atoms with Crippen LogP contribution in [0.15, 0.2) is 53.4 Å². The zero-order chi connectivity index (χ0) is 16.8. The summed E-state index contributed by atoms with van der Waals surface area (Å²) >= 11 is 0. The van der Waals surface area contributed by atoms with Gasteiger partial charge in [-0.1, -0.05) is 0 Å². The van der Waals surface area contributed by atoms with Crippen molar-refractivity contribution in [3.05, 3.63) is 48.5 Å². The van der Waals surface area contributed by atoms with Crippen LogP contribution in [0.25, 0.3) is 0 Å². The summed E-state index contributed by atoms with van der Waals surface area (Å²) in [4.78, 5) is 2.26. The molecule has 2 aromatic carbocycles. The number of sulfonamides is 1. The van der Waals surface area contributed by atoms with Crippen molar-refractivity contribution >= 4 is 27.1 Å². The summed E-state index contributed by atoms with van der Waals surface area (Å²) in [5, 5.41) is 0. The Labute approximate surface area is 131 Å². The topological polar surface area (TPSA) is 101 Å². The van der Waals surface area contributed by atoms with Gasteiger partial charge in [-0.15, -0.1) is 0 Å². The van der Waals surface area contributed by atoms with Gasteiger partial charge in [0.1, 0.15) is 0 Å². The quantitative estimate of drug-likeness (QED) is 0.744. The number of nitrogens with two attached hydrogens (primary N) is 2. The SMILES string of the molecule is CN(C)c1ccc(N)cc1.CNS(=O)(=O)c1ccc(N)cc1. The highest BCUT2D eigenvalue weighted by atomic mass is 32.2. The summed E-state index contributed by atoms with van der Waals surface area (Å²) < 4.78 is 24.5. The number of benzene rings is 2. The molecule has 0 aromatic heterocycles. The highest BCUT2D eigenvalue weighted by molar-refractivity contribution is 7.89. The second-order valence-electron chi connectivity index (χ2n) is 4.76.